The summed E-state index contributed by atoms with van der Waals surface area (Å²) in [5.74, 6) is 2.44. The number of ether oxygens (including phenoxy) is 2. The molecule has 106 valence electrons. The van der Waals surface area contributed by atoms with Gasteiger partial charge in [-0.15, -0.1) is 0 Å². The Bertz CT molecular complexity index is 400. The number of methoxy groups -OCH3 is 1. The highest BCUT2D eigenvalue weighted by atomic mass is 16.5. The highest BCUT2D eigenvalue weighted by molar-refractivity contribution is 5.43. The third-order valence-electron chi connectivity index (χ3n) is 3.64. The minimum atomic E-state index is 0.487. The molecule has 0 spiro atoms. The molecule has 1 N–H and O–H groups in total. The number of rotatable bonds is 7. The van der Waals surface area contributed by atoms with Crippen molar-refractivity contribution >= 4 is 0 Å². The summed E-state index contributed by atoms with van der Waals surface area (Å²) in [4.78, 5) is 0. The number of hydrogen-bond donors (Lipinski definition) is 1. The Balaban J connectivity index is 1.94. The quantitative estimate of drug-likeness (QED) is 0.818. The monoisotopic (exact) mass is 263 g/mol. The summed E-state index contributed by atoms with van der Waals surface area (Å²) >= 11 is 0. The van der Waals surface area contributed by atoms with Crippen LogP contribution in [0.5, 0.6) is 11.5 Å². The maximum Gasteiger partial charge on any atom is 0.161 e. The zero-order valence-corrected chi connectivity index (χ0v) is 12.2. The van der Waals surface area contributed by atoms with E-state index >= 15 is 0 Å². The molecular weight excluding hydrogens is 238 g/mol. The fraction of sp³-hybridized carbons (Fsp3) is 0.625. The van der Waals surface area contributed by atoms with Crippen LogP contribution in [0, 0.1) is 5.92 Å². The molecule has 1 aromatic rings. The molecule has 3 heteroatoms. The van der Waals surface area contributed by atoms with Crippen LogP contribution >= 0.6 is 0 Å². The molecule has 19 heavy (non-hydrogen) atoms. The lowest BCUT2D eigenvalue weighted by molar-refractivity contribution is 0.176. The number of benzene rings is 1. The van der Waals surface area contributed by atoms with Gasteiger partial charge in [-0.05, 0) is 36.5 Å². The third kappa shape index (κ3) is 4.13. The lowest BCUT2D eigenvalue weighted by Gasteiger charge is -2.25. The average Bonchev–Trinajstić information content (AvgIpc) is 2.35. The summed E-state index contributed by atoms with van der Waals surface area (Å²) in [7, 11) is 1.70. The van der Waals surface area contributed by atoms with Gasteiger partial charge < -0.3 is 14.8 Å². The van der Waals surface area contributed by atoms with Crippen LogP contribution in [0.15, 0.2) is 18.2 Å². The summed E-state index contributed by atoms with van der Waals surface area (Å²) in [5.41, 5.74) is 1.22. The van der Waals surface area contributed by atoms with Crippen LogP contribution in [0.3, 0.4) is 0 Å². The van der Waals surface area contributed by atoms with Crippen molar-refractivity contribution in [1.29, 1.82) is 0 Å². The Morgan fingerprint density at radius 3 is 2.63 bits per heavy atom. The van der Waals surface area contributed by atoms with Gasteiger partial charge in [0.05, 0.1) is 13.7 Å². The minimum absolute atomic E-state index is 0.487. The van der Waals surface area contributed by atoms with Crippen LogP contribution in [0.1, 0.15) is 38.7 Å². The molecule has 0 saturated heterocycles. The molecule has 2 rings (SSSR count). The van der Waals surface area contributed by atoms with Gasteiger partial charge in [0.25, 0.3) is 0 Å². The van der Waals surface area contributed by atoms with Crippen LogP contribution in [-0.2, 0) is 6.54 Å². The average molecular weight is 263 g/mol. The molecule has 0 unspecified atom stereocenters. The Hall–Kier alpha value is -1.22. The standard InChI is InChI=1S/C16H25NO2/c1-12(2)17-10-14-7-8-15(16(9-14)18-3)19-11-13-5-4-6-13/h7-9,12-13,17H,4-6,10-11H2,1-3H3. The molecule has 0 atom stereocenters. The molecule has 3 nitrogen and oxygen atoms in total. The van der Waals surface area contributed by atoms with Crippen LogP contribution in [0.25, 0.3) is 0 Å². The fourth-order valence-corrected chi connectivity index (χ4v) is 2.13. The molecule has 0 bridgehead atoms. The first-order valence-corrected chi connectivity index (χ1v) is 7.22. The van der Waals surface area contributed by atoms with Crippen molar-refractivity contribution in [3.05, 3.63) is 23.8 Å². The molecule has 0 aromatic heterocycles. The molecule has 1 aliphatic rings. The molecule has 1 fully saturated rings. The summed E-state index contributed by atoms with van der Waals surface area (Å²) in [5, 5.41) is 3.40. The van der Waals surface area contributed by atoms with Crippen molar-refractivity contribution in [3.8, 4) is 11.5 Å². The molecular formula is C16H25NO2. The second-order valence-corrected chi connectivity index (χ2v) is 5.63. The van der Waals surface area contributed by atoms with Gasteiger partial charge in [-0.2, -0.15) is 0 Å². The van der Waals surface area contributed by atoms with Crippen LogP contribution in [0.4, 0.5) is 0 Å². The van der Waals surface area contributed by atoms with Gasteiger partial charge in [-0.1, -0.05) is 26.3 Å². The van der Waals surface area contributed by atoms with E-state index < -0.39 is 0 Å². The Kier molecular flexibility index (Phi) is 5.08. The predicted molar refractivity (Wildman–Crippen MR) is 77.8 cm³/mol. The molecule has 0 radical (unpaired) electrons. The molecule has 1 aliphatic carbocycles. The van der Waals surface area contributed by atoms with Gasteiger partial charge in [0.2, 0.25) is 0 Å². The first-order chi connectivity index (χ1) is 9.19. The first kappa shape index (κ1) is 14.2. The van der Waals surface area contributed by atoms with E-state index in [1.54, 1.807) is 7.11 Å². The van der Waals surface area contributed by atoms with Gasteiger partial charge in [0.15, 0.2) is 11.5 Å². The van der Waals surface area contributed by atoms with Gasteiger partial charge >= 0.3 is 0 Å². The van der Waals surface area contributed by atoms with E-state index in [1.807, 2.05) is 6.07 Å². The zero-order valence-electron chi connectivity index (χ0n) is 12.2. The molecule has 0 aliphatic heterocycles. The summed E-state index contributed by atoms with van der Waals surface area (Å²) in [6.07, 6.45) is 3.96. The molecule has 1 aromatic carbocycles. The topological polar surface area (TPSA) is 30.5 Å². The summed E-state index contributed by atoms with van der Waals surface area (Å²) < 4.78 is 11.3. The third-order valence-corrected chi connectivity index (χ3v) is 3.64. The van der Waals surface area contributed by atoms with Crippen molar-refractivity contribution in [3.63, 3.8) is 0 Å². The minimum Gasteiger partial charge on any atom is -0.493 e. The number of hydrogen-bond acceptors (Lipinski definition) is 3. The highest BCUT2D eigenvalue weighted by Crippen LogP contribution is 2.31. The van der Waals surface area contributed by atoms with Crippen molar-refractivity contribution < 1.29 is 9.47 Å². The van der Waals surface area contributed by atoms with Gasteiger partial charge in [-0.3, -0.25) is 0 Å². The van der Waals surface area contributed by atoms with E-state index in [2.05, 4.69) is 31.3 Å². The van der Waals surface area contributed by atoms with Gasteiger partial charge in [0.1, 0.15) is 0 Å². The summed E-state index contributed by atoms with van der Waals surface area (Å²) in [6, 6.07) is 6.68. The van der Waals surface area contributed by atoms with Gasteiger partial charge in [-0.25, -0.2) is 0 Å². The predicted octanol–water partition coefficient (Wildman–Crippen LogP) is 3.37. The van der Waals surface area contributed by atoms with Crippen LogP contribution in [-0.4, -0.2) is 19.8 Å². The van der Waals surface area contributed by atoms with E-state index in [4.69, 9.17) is 9.47 Å². The molecule has 0 amide bonds. The molecule has 1 saturated carbocycles. The SMILES string of the molecule is COc1cc(CNC(C)C)ccc1OCC1CCC1. The highest BCUT2D eigenvalue weighted by Gasteiger charge is 2.18. The largest absolute Gasteiger partial charge is 0.493 e. The van der Waals surface area contributed by atoms with E-state index in [-0.39, 0.29) is 0 Å². The zero-order chi connectivity index (χ0) is 13.7. The van der Waals surface area contributed by atoms with Crippen LogP contribution < -0.4 is 14.8 Å². The van der Waals surface area contributed by atoms with E-state index in [0.29, 0.717) is 6.04 Å². The second kappa shape index (κ2) is 6.80. The maximum atomic E-state index is 5.87. The van der Waals surface area contributed by atoms with Crippen molar-refractivity contribution in [2.45, 2.75) is 45.7 Å². The Labute approximate surface area is 116 Å². The Morgan fingerprint density at radius 2 is 2.05 bits per heavy atom. The second-order valence-electron chi connectivity index (χ2n) is 5.63. The van der Waals surface area contributed by atoms with Gasteiger partial charge in [0, 0.05) is 12.6 Å². The lowest BCUT2D eigenvalue weighted by atomic mass is 9.86. The van der Waals surface area contributed by atoms with E-state index in [9.17, 15) is 0 Å². The summed E-state index contributed by atoms with van der Waals surface area (Å²) in [6.45, 7) is 5.97. The van der Waals surface area contributed by atoms with E-state index in [1.165, 1.54) is 24.8 Å². The lowest BCUT2D eigenvalue weighted by Crippen LogP contribution is -2.22. The van der Waals surface area contributed by atoms with E-state index in [0.717, 1.165) is 30.6 Å². The van der Waals surface area contributed by atoms with Crippen molar-refractivity contribution in [2.24, 2.45) is 5.92 Å². The Morgan fingerprint density at radius 1 is 1.26 bits per heavy atom. The van der Waals surface area contributed by atoms with Crippen molar-refractivity contribution in [2.75, 3.05) is 13.7 Å². The number of nitrogens with one attached hydrogen (secondary N) is 1. The maximum absolute atomic E-state index is 5.87. The molecule has 0 heterocycles. The smallest absolute Gasteiger partial charge is 0.161 e. The fourth-order valence-electron chi connectivity index (χ4n) is 2.13. The van der Waals surface area contributed by atoms with Crippen LogP contribution in [0.2, 0.25) is 0 Å². The van der Waals surface area contributed by atoms with Crippen molar-refractivity contribution in [1.82, 2.24) is 5.32 Å². The normalized spacial score (nSPS) is 15.4. The first-order valence-electron chi connectivity index (χ1n) is 7.22.